The van der Waals surface area contributed by atoms with Gasteiger partial charge in [0.15, 0.2) is 11.8 Å². The van der Waals surface area contributed by atoms with Gasteiger partial charge in [-0.1, -0.05) is 20.8 Å². The Kier molecular flexibility index (Phi) is 7.66. The van der Waals surface area contributed by atoms with Gasteiger partial charge in [-0.15, -0.1) is 34.2 Å². The molecule has 3 fully saturated rings. The Balaban J connectivity index is 0.00000256. The second-order valence-corrected chi connectivity index (χ2v) is 9.38. The number of ether oxygens (including phenoxy) is 1. The van der Waals surface area contributed by atoms with Gasteiger partial charge in [-0.3, -0.25) is 4.90 Å². The Bertz CT molecular complexity index is 750. The van der Waals surface area contributed by atoms with Crippen LogP contribution in [-0.4, -0.2) is 70.1 Å². The Morgan fingerprint density at radius 3 is 2.80 bits per heavy atom. The Morgan fingerprint density at radius 2 is 2.10 bits per heavy atom. The first-order valence-electron chi connectivity index (χ1n) is 11.2. The second kappa shape index (κ2) is 9.68. The number of nitrogens with one attached hydrogen (secondary N) is 2. The molecular formula is C21H38IN7O. The summed E-state index contributed by atoms with van der Waals surface area (Å²) >= 11 is 0. The van der Waals surface area contributed by atoms with E-state index in [4.69, 9.17) is 9.73 Å². The Labute approximate surface area is 197 Å². The van der Waals surface area contributed by atoms with Crippen LogP contribution in [0.15, 0.2) is 4.99 Å². The van der Waals surface area contributed by atoms with Gasteiger partial charge in [0, 0.05) is 43.6 Å². The molecule has 3 heterocycles. The molecule has 1 aromatic rings. The predicted octanol–water partition coefficient (Wildman–Crippen LogP) is 2.07. The van der Waals surface area contributed by atoms with E-state index in [1.165, 1.54) is 19.4 Å². The van der Waals surface area contributed by atoms with Crippen LogP contribution in [0.25, 0.3) is 0 Å². The number of likely N-dealkylation sites (tertiary alicyclic amines) is 1. The van der Waals surface area contributed by atoms with Crippen LogP contribution in [0.1, 0.15) is 51.7 Å². The average Bonchev–Trinajstić information content (AvgIpc) is 3.42. The highest BCUT2D eigenvalue weighted by molar-refractivity contribution is 14.0. The van der Waals surface area contributed by atoms with Gasteiger partial charge in [0.25, 0.3) is 0 Å². The van der Waals surface area contributed by atoms with E-state index in [1.807, 2.05) is 18.5 Å². The second-order valence-electron chi connectivity index (χ2n) is 9.38. The lowest BCUT2D eigenvalue weighted by Gasteiger charge is -2.55. The Morgan fingerprint density at radius 1 is 1.30 bits per heavy atom. The lowest BCUT2D eigenvalue weighted by atomic mass is 9.57. The van der Waals surface area contributed by atoms with Crippen LogP contribution in [-0.2, 0) is 18.3 Å². The minimum Gasteiger partial charge on any atom is -0.377 e. The molecule has 2 aliphatic heterocycles. The maximum Gasteiger partial charge on any atom is 0.192 e. The fraction of sp³-hybridized carbons (Fsp3) is 0.857. The number of aryl methyl sites for hydroxylation is 1. The summed E-state index contributed by atoms with van der Waals surface area (Å²) in [5.41, 5.74) is 0.119. The molecule has 9 heteroatoms. The van der Waals surface area contributed by atoms with Crippen molar-refractivity contribution < 1.29 is 4.74 Å². The number of rotatable bonds is 6. The van der Waals surface area contributed by atoms with E-state index in [0.717, 1.165) is 43.7 Å². The minimum atomic E-state index is 0. The van der Waals surface area contributed by atoms with Gasteiger partial charge in [-0.2, -0.15) is 0 Å². The highest BCUT2D eigenvalue weighted by atomic mass is 127. The van der Waals surface area contributed by atoms with Crippen LogP contribution in [0.3, 0.4) is 0 Å². The van der Waals surface area contributed by atoms with Crippen molar-refractivity contribution in [1.82, 2.24) is 30.3 Å². The molecule has 1 saturated carbocycles. The SMILES string of the molecule is CCN1CCCC1CNC(=NCc1nnc(C)n1C)NC1C2CCOC2C1(C)C.I. The first kappa shape index (κ1) is 23.7. The van der Waals surface area contributed by atoms with E-state index >= 15 is 0 Å². The Hall–Kier alpha value is -0.940. The molecule has 4 unspecified atom stereocenters. The van der Waals surface area contributed by atoms with E-state index in [0.29, 0.717) is 30.7 Å². The number of halogens is 1. The van der Waals surface area contributed by atoms with Gasteiger partial charge >= 0.3 is 0 Å². The fourth-order valence-electron chi connectivity index (χ4n) is 5.41. The molecule has 1 aliphatic carbocycles. The number of hydrogen-bond donors (Lipinski definition) is 2. The van der Waals surface area contributed by atoms with Gasteiger partial charge < -0.3 is 19.9 Å². The van der Waals surface area contributed by atoms with Crippen molar-refractivity contribution >= 4 is 29.9 Å². The van der Waals surface area contributed by atoms with Crippen molar-refractivity contribution in [3.05, 3.63) is 11.6 Å². The largest absolute Gasteiger partial charge is 0.377 e. The molecule has 3 aliphatic rings. The monoisotopic (exact) mass is 531 g/mol. The zero-order chi connectivity index (χ0) is 20.6. The normalized spacial score (nSPS) is 30.5. The number of nitrogens with zero attached hydrogens (tertiary/aromatic N) is 5. The van der Waals surface area contributed by atoms with E-state index in [1.54, 1.807) is 0 Å². The molecule has 0 radical (unpaired) electrons. The number of likely N-dealkylation sites (N-methyl/N-ethyl adjacent to an activating group) is 1. The van der Waals surface area contributed by atoms with Crippen LogP contribution in [0, 0.1) is 18.3 Å². The quantitative estimate of drug-likeness (QED) is 0.333. The fourth-order valence-corrected chi connectivity index (χ4v) is 5.41. The van der Waals surface area contributed by atoms with Crippen LogP contribution >= 0.6 is 24.0 Å². The zero-order valence-corrected chi connectivity index (χ0v) is 21.3. The van der Waals surface area contributed by atoms with Gasteiger partial charge in [0.05, 0.1) is 6.10 Å². The number of aromatic nitrogens is 3. The molecule has 2 saturated heterocycles. The molecule has 30 heavy (non-hydrogen) atoms. The summed E-state index contributed by atoms with van der Waals surface area (Å²) in [6.45, 7) is 13.5. The highest BCUT2D eigenvalue weighted by Gasteiger charge is 2.59. The maximum atomic E-state index is 5.97. The molecule has 0 aromatic carbocycles. The third-order valence-corrected chi connectivity index (χ3v) is 7.36. The van der Waals surface area contributed by atoms with E-state index < -0.39 is 0 Å². The molecule has 1 aromatic heterocycles. The maximum absolute atomic E-state index is 5.97. The third kappa shape index (κ3) is 4.48. The van der Waals surface area contributed by atoms with Crippen LogP contribution in [0.4, 0.5) is 0 Å². The molecule has 0 amide bonds. The summed E-state index contributed by atoms with van der Waals surface area (Å²) in [6, 6.07) is 0.967. The third-order valence-electron chi connectivity index (χ3n) is 7.36. The molecular weight excluding hydrogens is 493 g/mol. The summed E-state index contributed by atoms with van der Waals surface area (Å²) < 4.78 is 7.97. The van der Waals surface area contributed by atoms with Gasteiger partial charge in [-0.25, -0.2) is 4.99 Å². The van der Waals surface area contributed by atoms with E-state index in [2.05, 4.69) is 46.5 Å². The topological polar surface area (TPSA) is 79.6 Å². The van der Waals surface area contributed by atoms with Crippen molar-refractivity contribution in [2.24, 2.45) is 23.4 Å². The van der Waals surface area contributed by atoms with Gasteiger partial charge in [0.2, 0.25) is 0 Å². The van der Waals surface area contributed by atoms with Gasteiger partial charge in [0.1, 0.15) is 12.4 Å². The summed E-state index contributed by atoms with van der Waals surface area (Å²) in [7, 11) is 1.99. The first-order valence-corrected chi connectivity index (χ1v) is 11.2. The summed E-state index contributed by atoms with van der Waals surface area (Å²) in [5.74, 6) is 3.26. The van der Waals surface area contributed by atoms with Crippen molar-refractivity contribution in [1.29, 1.82) is 0 Å². The lowest BCUT2D eigenvalue weighted by molar-refractivity contribution is -0.106. The number of aliphatic imine (C=N–C) groups is 1. The van der Waals surface area contributed by atoms with Crippen molar-refractivity contribution in [3.63, 3.8) is 0 Å². The average molecular weight is 531 g/mol. The first-order chi connectivity index (χ1) is 13.9. The molecule has 8 nitrogen and oxygen atoms in total. The van der Waals surface area contributed by atoms with E-state index in [-0.39, 0.29) is 29.4 Å². The van der Waals surface area contributed by atoms with E-state index in [9.17, 15) is 0 Å². The van der Waals surface area contributed by atoms with Crippen LogP contribution < -0.4 is 10.6 Å². The minimum absolute atomic E-state index is 0. The van der Waals surface area contributed by atoms with Crippen molar-refractivity contribution in [3.8, 4) is 0 Å². The van der Waals surface area contributed by atoms with Crippen molar-refractivity contribution in [2.75, 3.05) is 26.2 Å². The molecule has 4 rings (SSSR count). The number of hydrogen-bond acceptors (Lipinski definition) is 5. The molecule has 170 valence electrons. The summed E-state index contributed by atoms with van der Waals surface area (Å²) in [5, 5.41) is 15.8. The summed E-state index contributed by atoms with van der Waals surface area (Å²) in [6.07, 6.45) is 4.04. The lowest BCUT2D eigenvalue weighted by Crippen LogP contribution is -2.68. The molecule has 0 bridgehead atoms. The van der Waals surface area contributed by atoms with Gasteiger partial charge in [-0.05, 0) is 39.3 Å². The number of fused-ring (bicyclic) bond motifs is 1. The standard InChI is InChI=1S/C21H37N7O.HI/c1-6-28-10-7-8-15(28)12-22-20(23-13-17-26-25-14(2)27(17)5)24-18-16-9-11-29-19(16)21(18,3)4;/h15-16,18-19H,6-13H2,1-5H3,(H2,22,23,24);1H. The van der Waals surface area contributed by atoms with Crippen molar-refractivity contribution in [2.45, 2.75) is 71.7 Å². The molecule has 0 spiro atoms. The summed E-state index contributed by atoms with van der Waals surface area (Å²) in [4.78, 5) is 7.45. The molecule has 4 atom stereocenters. The zero-order valence-electron chi connectivity index (χ0n) is 19.0. The smallest absolute Gasteiger partial charge is 0.192 e. The molecule has 2 N–H and O–H groups in total. The highest BCUT2D eigenvalue weighted by Crippen LogP contribution is 2.52. The van der Waals surface area contributed by atoms with Crippen LogP contribution in [0.5, 0.6) is 0 Å². The predicted molar refractivity (Wildman–Crippen MR) is 129 cm³/mol. The number of guanidine groups is 1. The van der Waals surface area contributed by atoms with Crippen LogP contribution in [0.2, 0.25) is 0 Å².